The minimum atomic E-state index is 0.146. The van der Waals surface area contributed by atoms with E-state index in [4.69, 9.17) is 4.74 Å². The van der Waals surface area contributed by atoms with E-state index in [1.165, 1.54) is 0 Å². The summed E-state index contributed by atoms with van der Waals surface area (Å²) < 4.78 is 5.20. The molecule has 1 atom stereocenters. The normalized spacial score (nSPS) is 17.1. The summed E-state index contributed by atoms with van der Waals surface area (Å²) in [5.74, 6) is 16.0. The average molecular weight is 182 g/mol. The van der Waals surface area contributed by atoms with Crippen LogP contribution >= 0.6 is 0 Å². The van der Waals surface area contributed by atoms with E-state index in [1.54, 1.807) is 19.3 Å². The molecule has 0 fully saturated rings. The highest BCUT2D eigenvalue weighted by molar-refractivity contribution is 5.37. The van der Waals surface area contributed by atoms with Crippen LogP contribution in [0.5, 0.6) is 0 Å². The van der Waals surface area contributed by atoms with Crippen LogP contribution in [0.2, 0.25) is 0 Å². The van der Waals surface area contributed by atoms with E-state index in [0.717, 1.165) is 6.42 Å². The molecule has 0 aliphatic carbocycles. The first-order valence-corrected chi connectivity index (χ1v) is 4.33. The molecular formula is C13H10O. The Morgan fingerprint density at radius 3 is 2.86 bits per heavy atom. The molecule has 0 saturated carbocycles. The molecule has 1 rings (SSSR count). The van der Waals surface area contributed by atoms with Gasteiger partial charge in [-0.1, -0.05) is 11.8 Å². The summed E-state index contributed by atoms with van der Waals surface area (Å²) in [6, 6.07) is 0. The lowest BCUT2D eigenvalue weighted by Gasteiger charge is -2.00. The van der Waals surface area contributed by atoms with Gasteiger partial charge in [0.2, 0.25) is 0 Å². The second kappa shape index (κ2) is 6.47. The van der Waals surface area contributed by atoms with Crippen molar-refractivity contribution in [1.29, 1.82) is 0 Å². The number of ether oxygens (including phenoxy) is 1. The number of hydrogen-bond donors (Lipinski definition) is 0. The lowest BCUT2D eigenvalue weighted by atomic mass is 10.2. The van der Waals surface area contributed by atoms with Crippen molar-refractivity contribution in [3.05, 3.63) is 24.5 Å². The molecule has 0 N–H and O–H groups in total. The highest BCUT2D eigenvalue weighted by Crippen LogP contribution is 2.08. The zero-order valence-electron chi connectivity index (χ0n) is 8.00. The van der Waals surface area contributed by atoms with Crippen LogP contribution in [0.4, 0.5) is 0 Å². The van der Waals surface area contributed by atoms with Gasteiger partial charge in [0, 0.05) is 6.42 Å². The van der Waals surface area contributed by atoms with Gasteiger partial charge in [-0.2, -0.15) is 0 Å². The highest BCUT2D eigenvalue weighted by atomic mass is 16.5. The molecule has 14 heavy (non-hydrogen) atoms. The molecule has 0 aromatic rings. The Balaban J connectivity index is 2.31. The third-order valence-corrected chi connectivity index (χ3v) is 1.50. The number of rotatable bonds is 1. The van der Waals surface area contributed by atoms with Gasteiger partial charge < -0.3 is 4.74 Å². The van der Waals surface area contributed by atoms with Crippen LogP contribution in [0.1, 0.15) is 13.3 Å². The van der Waals surface area contributed by atoms with E-state index in [0.29, 0.717) is 0 Å². The van der Waals surface area contributed by atoms with Crippen LogP contribution in [0.25, 0.3) is 0 Å². The molecule has 1 heterocycles. The molecule has 0 radical (unpaired) electrons. The first kappa shape index (κ1) is 10.0. The van der Waals surface area contributed by atoms with Crippen molar-refractivity contribution in [3.63, 3.8) is 0 Å². The monoisotopic (exact) mass is 182 g/mol. The molecule has 1 nitrogen and oxygen atoms in total. The maximum atomic E-state index is 5.20. The summed E-state index contributed by atoms with van der Waals surface area (Å²) in [7, 11) is 0. The Hall–Kier alpha value is -2.04. The predicted octanol–water partition coefficient (Wildman–Crippen LogP) is 1.88. The van der Waals surface area contributed by atoms with Crippen LogP contribution in [-0.4, -0.2) is 6.10 Å². The fraction of sp³-hybridized carbons (Fsp3) is 0.231. The molecule has 0 aromatic carbocycles. The lowest BCUT2D eigenvalue weighted by Crippen LogP contribution is -1.97. The second-order valence-electron chi connectivity index (χ2n) is 2.54. The molecule has 68 valence electrons. The Kier molecular flexibility index (Phi) is 4.64. The standard InChI is InChI=1S/C13H10O/c1-2-3-4-5-6-7-8-10-13-11-9-12-14-13/h8-10,12-13H,11H2,1H3/t13-/m0/s1. The van der Waals surface area contributed by atoms with Crippen molar-refractivity contribution in [2.24, 2.45) is 0 Å². The molecule has 0 unspecified atom stereocenters. The summed E-state index contributed by atoms with van der Waals surface area (Å²) in [6.07, 6.45) is 8.43. The molecule has 1 aliphatic heterocycles. The summed E-state index contributed by atoms with van der Waals surface area (Å²) in [5, 5.41) is 0. The van der Waals surface area contributed by atoms with E-state index in [2.05, 4.69) is 35.5 Å². The van der Waals surface area contributed by atoms with E-state index in [-0.39, 0.29) is 6.10 Å². The van der Waals surface area contributed by atoms with Crippen LogP contribution < -0.4 is 0 Å². The maximum absolute atomic E-state index is 5.20. The van der Waals surface area contributed by atoms with Crippen LogP contribution in [0.15, 0.2) is 24.5 Å². The van der Waals surface area contributed by atoms with Crippen molar-refractivity contribution in [2.75, 3.05) is 0 Å². The highest BCUT2D eigenvalue weighted by Gasteiger charge is 2.04. The first-order valence-electron chi connectivity index (χ1n) is 4.33. The lowest BCUT2D eigenvalue weighted by molar-refractivity contribution is 0.214. The fourth-order valence-electron chi connectivity index (χ4n) is 0.884. The zero-order chi connectivity index (χ0) is 10.1. The SMILES string of the molecule is CC#CC#CC#CC=C[C@H]1CC=CO1. The van der Waals surface area contributed by atoms with Gasteiger partial charge in [-0.3, -0.25) is 0 Å². The van der Waals surface area contributed by atoms with E-state index < -0.39 is 0 Å². The minimum Gasteiger partial charge on any atom is -0.494 e. The molecular weight excluding hydrogens is 172 g/mol. The zero-order valence-corrected chi connectivity index (χ0v) is 8.00. The van der Waals surface area contributed by atoms with E-state index in [9.17, 15) is 0 Å². The molecule has 0 amide bonds. The smallest absolute Gasteiger partial charge is 0.120 e. The van der Waals surface area contributed by atoms with Gasteiger partial charge in [0.15, 0.2) is 0 Å². The molecule has 1 aliphatic rings. The van der Waals surface area contributed by atoms with E-state index in [1.807, 2.05) is 12.2 Å². The van der Waals surface area contributed by atoms with Gasteiger partial charge in [-0.15, -0.1) is 0 Å². The Bertz CT molecular complexity index is 399. The Morgan fingerprint density at radius 1 is 1.29 bits per heavy atom. The van der Waals surface area contributed by atoms with Gasteiger partial charge in [-0.25, -0.2) is 0 Å². The van der Waals surface area contributed by atoms with Crippen LogP contribution in [0.3, 0.4) is 0 Å². The Morgan fingerprint density at radius 2 is 2.14 bits per heavy atom. The van der Waals surface area contributed by atoms with Crippen LogP contribution in [-0.2, 0) is 4.74 Å². The third-order valence-electron chi connectivity index (χ3n) is 1.50. The van der Waals surface area contributed by atoms with Crippen LogP contribution in [0, 0.1) is 35.5 Å². The van der Waals surface area contributed by atoms with Crippen molar-refractivity contribution in [3.8, 4) is 35.5 Å². The number of allylic oxidation sites excluding steroid dienone is 1. The van der Waals surface area contributed by atoms with Crippen molar-refractivity contribution >= 4 is 0 Å². The average Bonchev–Trinajstić information content (AvgIpc) is 2.69. The largest absolute Gasteiger partial charge is 0.494 e. The molecule has 0 aromatic heterocycles. The second-order valence-corrected chi connectivity index (χ2v) is 2.54. The van der Waals surface area contributed by atoms with Gasteiger partial charge in [-0.05, 0) is 48.8 Å². The van der Waals surface area contributed by atoms with Gasteiger partial charge in [0.25, 0.3) is 0 Å². The van der Waals surface area contributed by atoms with Crippen molar-refractivity contribution < 1.29 is 4.74 Å². The molecule has 0 spiro atoms. The molecule has 1 heteroatoms. The van der Waals surface area contributed by atoms with E-state index >= 15 is 0 Å². The topological polar surface area (TPSA) is 9.23 Å². The van der Waals surface area contributed by atoms with Gasteiger partial charge in [0.1, 0.15) is 6.10 Å². The fourth-order valence-corrected chi connectivity index (χ4v) is 0.884. The quantitative estimate of drug-likeness (QED) is 0.562. The number of hydrogen-bond acceptors (Lipinski definition) is 1. The van der Waals surface area contributed by atoms with Gasteiger partial charge >= 0.3 is 0 Å². The predicted molar refractivity (Wildman–Crippen MR) is 56.8 cm³/mol. The summed E-state index contributed by atoms with van der Waals surface area (Å²) in [6.45, 7) is 1.74. The van der Waals surface area contributed by atoms with Crippen molar-refractivity contribution in [2.45, 2.75) is 19.4 Å². The minimum absolute atomic E-state index is 0.146. The summed E-state index contributed by atoms with van der Waals surface area (Å²) >= 11 is 0. The van der Waals surface area contributed by atoms with Crippen molar-refractivity contribution in [1.82, 2.24) is 0 Å². The Labute approximate surface area is 84.8 Å². The molecule has 0 saturated heterocycles. The van der Waals surface area contributed by atoms with Gasteiger partial charge in [0.05, 0.1) is 6.26 Å². The summed E-state index contributed by atoms with van der Waals surface area (Å²) in [5.41, 5.74) is 0. The third kappa shape index (κ3) is 4.10. The first-order chi connectivity index (χ1) is 6.93. The maximum Gasteiger partial charge on any atom is 0.120 e. The summed E-state index contributed by atoms with van der Waals surface area (Å²) in [4.78, 5) is 0. The molecule has 0 bridgehead atoms.